The van der Waals surface area contributed by atoms with Crippen molar-refractivity contribution < 1.29 is 5.11 Å². The molecule has 33 heavy (non-hydrogen) atoms. The number of aliphatic hydroxyl groups is 1. The maximum absolute atomic E-state index is 9.14. The van der Waals surface area contributed by atoms with Crippen LogP contribution in [0.4, 0.5) is 0 Å². The Kier molecular flexibility index (Phi) is 12.7. The van der Waals surface area contributed by atoms with Crippen LogP contribution in [0, 0.1) is 47.3 Å². The Bertz CT molecular complexity index is 493. The minimum atomic E-state index is 0.384. The van der Waals surface area contributed by atoms with Crippen molar-refractivity contribution in [2.24, 2.45) is 47.3 Å². The lowest BCUT2D eigenvalue weighted by atomic mass is 9.58. The molecule has 3 saturated carbocycles. The van der Waals surface area contributed by atoms with Crippen molar-refractivity contribution in [3.63, 3.8) is 0 Å². The number of aliphatic hydroxyl groups excluding tert-OH is 1. The van der Waals surface area contributed by atoms with Gasteiger partial charge in [0.1, 0.15) is 0 Å². The third kappa shape index (κ3) is 8.25. The van der Waals surface area contributed by atoms with Gasteiger partial charge in [-0.25, -0.2) is 0 Å². The van der Waals surface area contributed by atoms with Crippen molar-refractivity contribution >= 4 is 0 Å². The molecule has 0 aromatic heterocycles. The minimum absolute atomic E-state index is 0.384. The quantitative estimate of drug-likeness (QED) is 0.271. The summed E-state index contributed by atoms with van der Waals surface area (Å²) in [5.74, 6) is 8.20. The molecule has 3 rings (SSSR count). The van der Waals surface area contributed by atoms with Crippen LogP contribution in [-0.2, 0) is 0 Å². The van der Waals surface area contributed by atoms with E-state index in [2.05, 4.69) is 20.8 Å². The number of unbranched alkanes of at least 4 members (excludes halogenated alkanes) is 4. The summed E-state index contributed by atoms with van der Waals surface area (Å²) in [6.07, 6.45) is 29.1. The first-order valence-corrected chi connectivity index (χ1v) is 15.8. The van der Waals surface area contributed by atoms with Crippen molar-refractivity contribution in [3.05, 3.63) is 0 Å². The normalized spacial score (nSPS) is 37.8. The Labute approximate surface area is 208 Å². The molecule has 0 aromatic rings. The van der Waals surface area contributed by atoms with E-state index in [0.29, 0.717) is 6.61 Å². The highest BCUT2D eigenvalue weighted by Crippen LogP contribution is 2.51. The van der Waals surface area contributed by atoms with Crippen LogP contribution < -0.4 is 0 Å². The summed E-state index contributed by atoms with van der Waals surface area (Å²) in [5, 5.41) is 9.14. The summed E-state index contributed by atoms with van der Waals surface area (Å²) in [7, 11) is 0. The van der Waals surface area contributed by atoms with Crippen molar-refractivity contribution in [1.29, 1.82) is 0 Å². The Hall–Kier alpha value is -0.0400. The second-order valence-corrected chi connectivity index (χ2v) is 12.8. The standard InChI is InChI=1S/C32H60O/c1-4-7-8-9-12-25-14-17-29(18-15-25)31-21-19-30(24-28(31)6-3)32-20-16-26(13-10-11-22-33)23-27(32)5-2/h25-33H,4-24H2,1-3H3. The minimum Gasteiger partial charge on any atom is -0.396 e. The van der Waals surface area contributed by atoms with E-state index < -0.39 is 0 Å². The van der Waals surface area contributed by atoms with Gasteiger partial charge < -0.3 is 5.11 Å². The van der Waals surface area contributed by atoms with Gasteiger partial charge in [0.05, 0.1) is 0 Å². The number of hydrogen-bond donors (Lipinski definition) is 1. The molecule has 0 heterocycles. The molecule has 1 heteroatoms. The van der Waals surface area contributed by atoms with Crippen molar-refractivity contribution in [2.45, 2.75) is 149 Å². The van der Waals surface area contributed by atoms with Crippen LogP contribution in [0.25, 0.3) is 0 Å². The summed E-state index contributed by atoms with van der Waals surface area (Å²) >= 11 is 0. The van der Waals surface area contributed by atoms with Crippen LogP contribution >= 0.6 is 0 Å². The average molecular weight is 461 g/mol. The van der Waals surface area contributed by atoms with E-state index in [0.717, 1.165) is 53.8 Å². The molecule has 6 atom stereocenters. The van der Waals surface area contributed by atoms with E-state index in [1.807, 2.05) is 0 Å². The van der Waals surface area contributed by atoms with E-state index in [-0.39, 0.29) is 0 Å². The van der Waals surface area contributed by atoms with Crippen LogP contribution in [0.15, 0.2) is 0 Å². The molecule has 0 aliphatic heterocycles. The SMILES string of the molecule is CCCCCCC1CCC(C2CCC(C3CCC(CCCCO)CC3CC)CC2CC)CC1. The van der Waals surface area contributed by atoms with E-state index in [4.69, 9.17) is 5.11 Å². The topological polar surface area (TPSA) is 20.2 Å². The third-order valence-electron chi connectivity index (χ3n) is 10.9. The van der Waals surface area contributed by atoms with Crippen LogP contribution in [-0.4, -0.2) is 11.7 Å². The molecule has 194 valence electrons. The van der Waals surface area contributed by atoms with Gasteiger partial charge in [0.15, 0.2) is 0 Å². The third-order valence-corrected chi connectivity index (χ3v) is 10.9. The van der Waals surface area contributed by atoms with Crippen LogP contribution in [0.5, 0.6) is 0 Å². The van der Waals surface area contributed by atoms with Gasteiger partial charge in [0.2, 0.25) is 0 Å². The lowest BCUT2D eigenvalue weighted by Crippen LogP contribution is -2.38. The lowest BCUT2D eigenvalue weighted by molar-refractivity contribution is 0.0286. The molecule has 0 spiro atoms. The van der Waals surface area contributed by atoms with Gasteiger partial charge in [-0.15, -0.1) is 0 Å². The molecule has 1 N–H and O–H groups in total. The Morgan fingerprint density at radius 3 is 1.82 bits per heavy atom. The predicted molar refractivity (Wildman–Crippen MR) is 144 cm³/mol. The fourth-order valence-corrected chi connectivity index (χ4v) is 8.85. The maximum Gasteiger partial charge on any atom is 0.0431 e. The first-order valence-electron chi connectivity index (χ1n) is 15.8. The van der Waals surface area contributed by atoms with Gasteiger partial charge in [-0.2, -0.15) is 0 Å². The molecule has 3 aliphatic rings. The zero-order valence-corrected chi connectivity index (χ0v) is 22.9. The van der Waals surface area contributed by atoms with Crippen LogP contribution in [0.1, 0.15) is 149 Å². The molecule has 0 amide bonds. The zero-order valence-electron chi connectivity index (χ0n) is 22.9. The monoisotopic (exact) mass is 460 g/mol. The predicted octanol–water partition coefficient (Wildman–Crippen LogP) is 9.81. The average Bonchev–Trinajstić information content (AvgIpc) is 2.86. The second kappa shape index (κ2) is 15.2. The van der Waals surface area contributed by atoms with E-state index in [9.17, 15) is 0 Å². The summed E-state index contributed by atoms with van der Waals surface area (Å²) in [6.45, 7) is 7.69. The smallest absolute Gasteiger partial charge is 0.0431 e. The first kappa shape index (κ1) is 27.5. The summed E-state index contributed by atoms with van der Waals surface area (Å²) in [4.78, 5) is 0. The van der Waals surface area contributed by atoms with Crippen molar-refractivity contribution in [1.82, 2.24) is 0 Å². The largest absolute Gasteiger partial charge is 0.396 e. The molecular weight excluding hydrogens is 400 g/mol. The lowest BCUT2D eigenvalue weighted by Gasteiger charge is -2.47. The maximum atomic E-state index is 9.14. The zero-order chi connectivity index (χ0) is 23.5. The highest BCUT2D eigenvalue weighted by atomic mass is 16.2. The Morgan fingerprint density at radius 1 is 0.545 bits per heavy atom. The van der Waals surface area contributed by atoms with Gasteiger partial charge in [-0.05, 0) is 98.7 Å². The summed E-state index contributed by atoms with van der Waals surface area (Å²) in [6, 6.07) is 0. The molecule has 0 saturated heterocycles. The second-order valence-electron chi connectivity index (χ2n) is 12.8. The molecule has 3 aliphatic carbocycles. The molecular formula is C32H60O. The van der Waals surface area contributed by atoms with Gasteiger partial charge in [0, 0.05) is 6.61 Å². The molecule has 0 aromatic carbocycles. The molecule has 6 unspecified atom stereocenters. The summed E-state index contributed by atoms with van der Waals surface area (Å²) in [5.41, 5.74) is 0. The highest BCUT2D eigenvalue weighted by Gasteiger charge is 2.41. The van der Waals surface area contributed by atoms with Crippen molar-refractivity contribution in [3.8, 4) is 0 Å². The van der Waals surface area contributed by atoms with Crippen LogP contribution in [0.2, 0.25) is 0 Å². The molecule has 3 fully saturated rings. The van der Waals surface area contributed by atoms with Gasteiger partial charge >= 0.3 is 0 Å². The molecule has 0 bridgehead atoms. The number of hydrogen-bond acceptors (Lipinski definition) is 1. The van der Waals surface area contributed by atoms with Gasteiger partial charge in [-0.3, -0.25) is 0 Å². The highest BCUT2D eigenvalue weighted by molar-refractivity contribution is 4.91. The fraction of sp³-hybridized carbons (Fsp3) is 1.00. The molecule has 0 radical (unpaired) electrons. The molecule has 1 nitrogen and oxygen atoms in total. The van der Waals surface area contributed by atoms with E-state index >= 15 is 0 Å². The van der Waals surface area contributed by atoms with E-state index in [1.54, 1.807) is 44.9 Å². The number of rotatable bonds is 13. The fourth-order valence-electron chi connectivity index (χ4n) is 8.85. The van der Waals surface area contributed by atoms with Crippen LogP contribution in [0.3, 0.4) is 0 Å². The van der Waals surface area contributed by atoms with Gasteiger partial charge in [-0.1, -0.05) is 97.8 Å². The van der Waals surface area contributed by atoms with Crippen molar-refractivity contribution in [2.75, 3.05) is 6.61 Å². The van der Waals surface area contributed by atoms with E-state index in [1.165, 1.54) is 77.0 Å². The van der Waals surface area contributed by atoms with Gasteiger partial charge in [0.25, 0.3) is 0 Å². The summed E-state index contributed by atoms with van der Waals surface area (Å²) < 4.78 is 0. The first-order chi connectivity index (χ1) is 16.2. The Morgan fingerprint density at radius 2 is 1.12 bits per heavy atom. The Balaban J connectivity index is 1.44.